The monoisotopic (exact) mass is 295 g/mol. The van der Waals surface area contributed by atoms with Gasteiger partial charge in [-0.15, -0.1) is 0 Å². The number of rotatable bonds is 1. The molecule has 2 amide bonds. The lowest BCUT2D eigenvalue weighted by molar-refractivity contribution is -0.118. The molecule has 0 aliphatic carbocycles. The van der Waals surface area contributed by atoms with Crippen molar-refractivity contribution in [2.24, 2.45) is 0 Å². The van der Waals surface area contributed by atoms with E-state index in [0.717, 1.165) is 0 Å². The first-order chi connectivity index (χ1) is 10.6. The highest BCUT2D eigenvalue weighted by Gasteiger charge is 2.29. The molecule has 5 heteroatoms. The molecule has 1 aliphatic heterocycles. The first-order valence-corrected chi connectivity index (χ1v) is 7.11. The minimum atomic E-state index is -0.150. The summed E-state index contributed by atoms with van der Waals surface area (Å²) in [7, 11) is 1.71. The zero-order valence-corrected chi connectivity index (χ0v) is 12.3. The van der Waals surface area contributed by atoms with E-state index in [2.05, 4.69) is 0 Å². The molecule has 2 aromatic carbocycles. The number of amides is 2. The molecule has 2 aromatic rings. The van der Waals surface area contributed by atoms with Crippen molar-refractivity contribution in [2.45, 2.75) is 6.42 Å². The van der Waals surface area contributed by atoms with Gasteiger partial charge < -0.3 is 15.5 Å². The standard InChI is InChI=1S/C17H17N3O2/c1-19-14-9-5-8-13(18)16(14)20(11-10-15(19)21)17(22)12-6-3-2-4-7-12/h2-9H,10-11,18H2,1H3. The number of para-hydroxylation sites is 1. The van der Waals surface area contributed by atoms with E-state index in [4.69, 9.17) is 5.73 Å². The van der Waals surface area contributed by atoms with Crippen LogP contribution in [0.3, 0.4) is 0 Å². The molecule has 112 valence electrons. The summed E-state index contributed by atoms with van der Waals surface area (Å²) in [6.07, 6.45) is 0.267. The van der Waals surface area contributed by atoms with E-state index in [0.29, 0.717) is 29.2 Å². The van der Waals surface area contributed by atoms with Crippen molar-refractivity contribution in [3.05, 3.63) is 54.1 Å². The smallest absolute Gasteiger partial charge is 0.258 e. The molecule has 0 bridgehead atoms. The number of anilines is 3. The summed E-state index contributed by atoms with van der Waals surface area (Å²) >= 11 is 0. The molecule has 1 aliphatic rings. The van der Waals surface area contributed by atoms with Gasteiger partial charge in [-0.05, 0) is 24.3 Å². The van der Waals surface area contributed by atoms with E-state index in [1.807, 2.05) is 18.2 Å². The fraction of sp³-hybridized carbons (Fsp3) is 0.176. The number of carbonyl (C=O) groups excluding carboxylic acids is 2. The van der Waals surface area contributed by atoms with E-state index >= 15 is 0 Å². The third-order valence-electron chi connectivity index (χ3n) is 3.87. The molecule has 3 rings (SSSR count). The maximum atomic E-state index is 12.8. The largest absolute Gasteiger partial charge is 0.397 e. The Bertz CT molecular complexity index is 728. The van der Waals surface area contributed by atoms with Gasteiger partial charge in [0, 0.05) is 25.6 Å². The van der Waals surface area contributed by atoms with Gasteiger partial charge in [0.15, 0.2) is 0 Å². The van der Waals surface area contributed by atoms with Crippen LogP contribution in [0.15, 0.2) is 48.5 Å². The van der Waals surface area contributed by atoms with Crippen molar-refractivity contribution in [3.8, 4) is 0 Å². The minimum Gasteiger partial charge on any atom is -0.397 e. The number of fused-ring (bicyclic) bond motifs is 1. The summed E-state index contributed by atoms with van der Waals surface area (Å²) in [4.78, 5) is 28.1. The lowest BCUT2D eigenvalue weighted by atomic mass is 10.1. The van der Waals surface area contributed by atoms with Crippen LogP contribution in [0.1, 0.15) is 16.8 Å². The fourth-order valence-corrected chi connectivity index (χ4v) is 2.67. The Morgan fingerprint density at radius 2 is 1.82 bits per heavy atom. The highest BCUT2D eigenvalue weighted by atomic mass is 16.2. The zero-order chi connectivity index (χ0) is 15.7. The van der Waals surface area contributed by atoms with Gasteiger partial charge in [0.25, 0.3) is 5.91 Å². The molecule has 0 spiro atoms. The molecule has 0 unspecified atom stereocenters. The van der Waals surface area contributed by atoms with Gasteiger partial charge in [0.05, 0.1) is 17.1 Å². The van der Waals surface area contributed by atoms with Crippen LogP contribution >= 0.6 is 0 Å². The molecule has 22 heavy (non-hydrogen) atoms. The molecule has 0 saturated heterocycles. The molecular formula is C17H17N3O2. The van der Waals surface area contributed by atoms with Gasteiger partial charge in [-0.3, -0.25) is 9.59 Å². The molecule has 2 N–H and O–H groups in total. The minimum absolute atomic E-state index is 0.0322. The van der Waals surface area contributed by atoms with Crippen LogP contribution in [-0.4, -0.2) is 25.4 Å². The second kappa shape index (κ2) is 5.52. The van der Waals surface area contributed by atoms with Crippen LogP contribution in [-0.2, 0) is 4.79 Å². The number of nitrogens with two attached hydrogens (primary N) is 1. The van der Waals surface area contributed by atoms with E-state index < -0.39 is 0 Å². The normalized spacial score (nSPS) is 14.5. The summed E-state index contributed by atoms with van der Waals surface area (Å²) in [5, 5.41) is 0. The number of nitrogens with zero attached hydrogens (tertiary/aromatic N) is 2. The summed E-state index contributed by atoms with van der Waals surface area (Å²) < 4.78 is 0. The van der Waals surface area contributed by atoms with Crippen LogP contribution in [0.2, 0.25) is 0 Å². The van der Waals surface area contributed by atoms with Crippen LogP contribution < -0.4 is 15.5 Å². The third kappa shape index (κ3) is 2.30. The quantitative estimate of drug-likeness (QED) is 0.821. The zero-order valence-electron chi connectivity index (χ0n) is 12.3. The summed E-state index contributed by atoms with van der Waals surface area (Å²) in [6, 6.07) is 14.4. The predicted molar refractivity (Wildman–Crippen MR) is 87.0 cm³/mol. The van der Waals surface area contributed by atoms with Crippen LogP contribution in [0.5, 0.6) is 0 Å². The van der Waals surface area contributed by atoms with E-state index in [1.165, 1.54) is 0 Å². The Labute approximate surface area is 128 Å². The van der Waals surface area contributed by atoms with Gasteiger partial charge in [-0.1, -0.05) is 24.3 Å². The van der Waals surface area contributed by atoms with E-state index in [9.17, 15) is 9.59 Å². The predicted octanol–water partition coefficient (Wildman–Crippen LogP) is 2.28. The number of benzene rings is 2. The van der Waals surface area contributed by atoms with Gasteiger partial charge in [-0.25, -0.2) is 0 Å². The Balaban J connectivity index is 2.11. The Morgan fingerprint density at radius 3 is 2.55 bits per heavy atom. The number of nitrogen functional groups attached to an aromatic ring is 1. The van der Waals surface area contributed by atoms with Crippen molar-refractivity contribution < 1.29 is 9.59 Å². The average molecular weight is 295 g/mol. The van der Waals surface area contributed by atoms with Crippen molar-refractivity contribution >= 4 is 28.9 Å². The first-order valence-electron chi connectivity index (χ1n) is 7.11. The number of carbonyl (C=O) groups is 2. The summed E-state index contributed by atoms with van der Waals surface area (Å²) in [6.45, 7) is 0.318. The molecule has 1 heterocycles. The second-order valence-corrected chi connectivity index (χ2v) is 5.24. The number of hydrogen-bond acceptors (Lipinski definition) is 3. The molecule has 0 atom stereocenters. The number of hydrogen-bond donors (Lipinski definition) is 1. The summed E-state index contributed by atoms with van der Waals surface area (Å²) in [5.41, 5.74) is 8.42. The Morgan fingerprint density at radius 1 is 1.09 bits per heavy atom. The summed E-state index contributed by atoms with van der Waals surface area (Å²) in [5.74, 6) is -0.182. The van der Waals surface area contributed by atoms with Gasteiger partial charge in [0.2, 0.25) is 5.91 Å². The van der Waals surface area contributed by atoms with Crippen molar-refractivity contribution in [1.29, 1.82) is 0 Å². The van der Waals surface area contributed by atoms with Crippen LogP contribution in [0.25, 0.3) is 0 Å². The Kier molecular flexibility index (Phi) is 3.55. The maximum absolute atomic E-state index is 12.8. The van der Waals surface area contributed by atoms with Crippen molar-refractivity contribution in [3.63, 3.8) is 0 Å². The lowest BCUT2D eigenvalue weighted by Gasteiger charge is -2.25. The highest BCUT2D eigenvalue weighted by Crippen LogP contribution is 2.37. The Hall–Kier alpha value is -2.82. The van der Waals surface area contributed by atoms with Crippen molar-refractivity contribution in [1.82, 2.24) is 0 Å². The molecule has 5 nitrogen and oxygen atoms in total. The van der Waals surface area contributed by atoms with Crippen molar-refractivity contribution in [2.75, 3.05) is 29.1 Å². The molecule has 0 aromatic heterocycles. The topological polar surface area (TPSA) is 66.6 Å². The molecule has 0 fully saturated rings. The molecular weight excluding hydrogens is 278 g/mol. The van der Waals surface area contributed by atoms with Gasteiger partial charge in [0.1, 0.15) is 0 Å². The fourth-order valence-electron chi connectivity index (χ4n) is 2.67. The van der Waals surface area contributed by atoms with Gasteiger partial charge in [-0.2, -0.15) is 0 Å². The average Bonchev–Trinajstić information content (AvgIpc) is 2.67. The van der Waals surface area contributed by atoms with Crippen LogP contribution in [0, 0.1) is 0 Å². The first kappa shape index (κ1) is 14.1. The van der Waals surface area contributed by atoms with E-state index in [1.54, 1.807) is 47.2 Å². The highest BCUT2D eigenvalue weighted by molar-refractivity contribution is 6.13. The SMILES string of the molecule is CN1C(=O)CCN(C(=O)c2ccccc2)c2c(N)cccc21. The molecule has 0 radical (unpaired) electrons. The molecule has 0 saturated carbocycles. The maximum Gasteiger partial charge on any atom is 0.258 e. The van der Waals surface area contributed by atoms with Gasteiger partial charge >= 0.3 is 0 Å². The van der Waals surface area contributed by atoms with Crippen LogP contribution in [0.4, 0.5) is 17.1 Å². The third-order valence-corrected chi connectivity index (χ3v) is 3.87. The lowest BCUT2D eigenvalue weighted by Crippen LogP contribution is -2.32. The second-order valence-electron chi connectivity index (χ2n) is 5.24. The van der Waals surface area contributed by atoms with E-state index in [-0.39, 0.29) is 18.2 Å².